The van der Waals surface area contributed by atoms with Gasteiger partial charge in [-0.25, -0.2) is 8.78 Å². The Kier molecular flexibility index (Phi) is 3.70. The lowest BCUT2D eigenvalue weighted by Crippen LogP contribution is -2.16. The smallest absolute Gasteiger partial charge is 0.257 e. The largest absolute Gasteiger partial charge is 0.381 e. The lowest BCUT2D eigenvalue weighted by atomic mass is 10.2. The van der Waals surface area contributed by atoms with Gasteiger partial charge in [-0.1, -0.05) is 0 Å². The van der Waals surface area contributed by atoms with Crippen molar-refractivity contribution in [3.05, 3.63) is 47.3 Å². The number of anilines is 2. The van der Waals surface area contributed by atoms with Gasteiger partial charge in [0.15, 0.2) is 11.6 Å². The van der Waals surface area contributed by atoms with E-state index in [9.17, 15) is 13.6 Å². The number of hydrogen-bond acceptors (Lipinski definition) is 4. The third-order valence-corrected chi connectivity index (χ3v) is 3.40. The number of aromatic nitrogens is 2. The summed E-state index contributed by atoms with van der Waals surface area (Å²) in [7, 11) is 0. The van der Waals surface area contributed by atoms with Crippen LogP contribution in [0, 0.1) is 18.6 Å². The number of rotatable bonds is 4. The molecule has 1 amide bonds. The van der Waals surface area contributed by atoms with Crippen LogP contribution < -0.4 is 10.6 Å². The molecule has 3 rings (SSSR count). The highest BCUT2D eigenvalue weighted by atomic mass is 19.2. The highest BCUT2D eigenvalue weighted by Gasteiger charge is 2.23. The first-order valence-corrected chi connectivity index (χ1v) is 6.90. The van der Waals surface area contributed by atoms with Crippen molar-refractivity contribution < 1.29 is 13.6 Å². The number of amides is 1. The first-order valence-electron chi connectivity index (χ1n) is 6.90. The molecule has 22 heavy (non-hydrogen) atoms. The highest BCUT2D eigenvalue weighted by Crippen LogP contribution is 2.31. The lowest BCUT2D eigenvalue weighted by Gasteiger charge is -2.14. The maximum Gasteiger partial charge on any atom is 0.257 e. The van der Waals surface area contributed by atoms with E-state index in [0.29, 0.717) is 16.9 Å². The van der Waals surface area contributed by atoms with E-state index in [1.54, 1.807) is 6.92 Å². The molecular formula is C15H14F2N4O. The summed E-state index contributed by atoms with van der Waals surface area (Å²) in [6.07, 6.45) is 3.34. The van der Waals surface area contributed by atoms with Crippen LogP contribution in [0.1, 0.15) is 28.9 Å². The van der Waals surface area contributed by atoms with Gasteiger partial charge in [-0.15, -0.1) is 0 Å². The predicted octanol–water partition coefficient (Wildman–Crippen LogP) is 2.89. The summed E-state index contributed by atoms with van der Waals surface area (Å²) < 4.78 is 26.9. The van der Waals surface area contributed by atoms with Crippen molar-refractivity contribution >= 4 is 17.3 Å². The molecule has 0 saturated heterocycles. The van der Waals surface area contributed by atoms with Crippen molar-refractivity contribution in [2.45, 2.75) is 25.8 Å². The van der Waals surface area contributed by atoms with Crippen LogP contribution in [0.4, 0.5) is 20.2 Å². The maximum atomic E-state index is 13.5. The summed E-state index contributed by atoms with van der Waals surface area (Å²) in [5.41, 5.74) is 1.36. The third-order valence-electron chi connectivity index (χ3n) is 3.40. The molecule has 1 aliphatic rings. The number of nitrogens with one attached hydrogen (secondary N) is 2. The molecule has 5 nitrogen and oxygen atoms in total. The molecule has 7 heteroatoms. The highest BCUT2D eigenvalue weighted by molar-refractivity contribution is 6.06. The van der Waals surface area contributed by atoms with Crippen molar-refractivity contribution in [1.82, 2.24) is 10.2 Å². The molecule has 0 spiro atoms. The van der Waals surface area contributed by atoms with Crippen LogP contribution in [0.15, 0.2) is 24.4 Å². The second-order valence-electron chi connectivity index (χ2n) is 5.21. The molecule has 1 saturated carbocycles. The summed E-state index contributed by atoms with van der Waals surface area (Å²) in [6.45, 7) is 1.65. The van der Waals surface area contributed by atoms with Gasteiger partial charge in [0.05, 0.1) is 28.8 Å². The van der Waals surface area contributed by atoms with E-state index in [2.05, 4.69) is 20.8 Å². The molecule has 0 aliphatic heterocycles. The average Bonchev–Trinajstić information content (AvgIpc) is 3.28. The molecule has 0 unspecified atom stereocenters. The number of hydrogen-bond donors (Lipinski definition) is 2. The topological polar surface area (TPSA) is 66.9 Å². The Hall–Kier alpha value is -2.57. The molecule has 1 aromatic carbocycles. The van der Waals surface area contributed by atoms with Crippen molar-refractivity contribution in [1.29, 1.82) is 0 Å². The molecule has 0 bridgehead atoms. The SMILES string of the molecule is Cc1nnccc1C(=O)Nc1cc(F)c(F)cc1NC1CC1. The van der Waals surface area contributed by atoms with Crippen LogP contribution in [0.5, 0.6) is 0 Å². The van der Waals surface area contributed by atoms with Crippen molar-refractivity contribution in [3.63, 3.8) is 0 Å². The van der Waals surface area contributed by atoms with Crippen LogP contribution >= 0.6 is 0 Å². The van der Waals surface area contributed by atoms with Gasteiger partial charge in [0.2, 0.25) is 0 Å². The summed E-state index contributed by atoms with van der Waals surface area (Å²) in [5, 5.41) is 13.1. The average molecular weight is 304 g/mol. The van der Waals surface area contributed by atoms with Gasteiger partial charge in [0.1, 0.15) is 0 Å². The zero-order valence-electron chi connectivity index (χ0n) is 11.9. The van der Waals surface area contributed by atoms with E-state index >= 15 is 0 Å². The molecule has 0 atom stereocenters. The molecule has 114 valence electrons. The fourth-order valence-corrected chi connectivity index (χ4v) is 2.05. The fourth-order valence-electron chi connectivity index (χ4n) is 2.05. The molecule has 0 radical (unpaired) electrons. The number of halogens is 2. The summed E-state index contributed by atoms with van der Waals surface area (Å²) in [6, 6.07) is 3.79. The minimum Gasteiger partial charge on any atom is -0.381 e. The van der Waals surface area contributed by atoms with E-state index in [1.807, 2.05) is 0 Å². The second kappa shape index (κ2) is 5.67. The molecule has 1 aliphatic carbocycles. The Morgan fingerprint density at radius 1 is 1.23 bits per heavy atom. The van der Waals surface area contributed by atoms with Gasteiger partial charge in [-0.2, -0.15) is 10.2 Å². The van der Waals surface area contributed by atoms with E-state index < -0.39 is 17.5 Å². The van der Waals surface area contributed by atoms with E-state index in [0.717, 1.165) is 25.0 Å². The number of nitrogens with zero attached hydrogens (tertiary/aromatic N) is 2. The quantitative estimate of drug-likeness (QED) is 0.911. The van der Waals surface area contributed by atoms with Crippen molar-refractivity contribution in [2.24, 2.45) is 0 Å². The number of aryl methyl sites for hydroxylation is 1. The fraction of sp³-hybridized carbons (Fsp3) is 0.267. The van der Waals surface area contributed by atoms with Crippen LogP contribution in [-0.2, 0) is 0 Å². The van der Waals surface area contributed by atoms with Crippen molar-refractivity contribution in [3.8, 4) is 0 Å². The molecular weight excluding hydrogens is 290 g/mol. The molecule has 2 aromatic rings. The number of carbonyl (C=O) groups is 1. The van der Waals surface area contributed by atoms with Crippen LogP contribution in [0.3, 0.4) is 0 Å². The van der Waals surface area contributed by atoms with Crippen LogP contribution in [0.2, 0.25) is 0 Å². The normalized spacial score (nSPS) is 13.8. The lowest BCUT2D eigenvalue weighted by molar-refractivity contribution is 0.102. The summed E-state index contributed by atoms with van der Waals surface area (Å²) in [5.74, 6) is -2.42. The van der Waals surface area contributed by atoms with Gasteiger partial charge in [0, 0.05) is 18.2 Å². The minimum atomic E-state index is -1.01. The van der Waals surface area contributed by atoms with Gasteiger partial charge < -0.3 is 10.6 Å². The third kappa shape index (κ3) is 3.03. The zero-order chi connectivity index (χ0) is 15.7. The Morgan fingerprint density at radius 3 is 2.55 bits per heavy atom. The Balaban J connectivity index is 1.88. The second-order valence-corrected chi connectivity index (χ2v) is 5.21. The molecule has 1 fully saturated rings. The molecule has 2 N–H and O–H groups in total. The molecule has 1 aromatic heterocycles. The number of carbonyl (C=O) groups excluding carboxylic acids is 1. The maximum absolute atomic E-state index is 13.5. The Morgan fingerprint density at radius 2 is 1.91 bits per heavy atom. The monoisotopic (exact) mass is 304 g/mol. The van der Waals surface area contributed by atoms with E-state index in [4.69, 9.17) is 0 Å². The standard InChI is InChI=1S/C15H14F2N4O/c1-8-10(4-5-18-21-8)15(22)20-14-7-12(17)11(16)6-13(14)19-9-2-3-9/h4-7,9,19H,2-3H2,1H3,(H,20,22). The van der Waals surface area contributed by atoms with Gasteiger partial charge in [-0.05, 0) is 25.8 Å². The van der Waals surface area contributed by atoms with E-state index in [-0.39, 0.29) is 11.7 Å². The summed E-state index contributed by atoms with van der Waals surface area (Å²) >= 11 is 0. The Bertz CT molecular complexity index is 731. The van der Waals surface area contributed by atoms with Gasteiger partial charge >= 0.3 is 0 Å². The van der Waals surface area contributed by atoms with E-state index in [1.165, 1.54) is 12.3 Å². The van der Waals surface area contributed by atoms with Crippen molar-refractivity contribution in [2.75, 3.05) is 10.6 Å². The van der Waals surface area contributed by atoms with Crippen LogP contribution in [-0.4, -0.2) is 22.1 Å². The first-order chi connectivity index (χ1) is 10.5. The van der Waals surface area contributed by atoms with Crippen LogP contribution in [0.25, 0.3) is 0 Å². The molecule has 1 heterocycles. The Labute approximate surface area is 125 Å². The number of benzene rings is 1. The first kappa shape index (κ1) is 14.4. The van der Waals surface area contributed by atoms with Gasteiger partial charge in [0.25, 0.3) is 5.91 Å². The summed E-state index contributed by atoms with van der Waals surface area (Å²) in [4.78, 5) is 12.3. The zero-order valence-corrected chi connectivity index (χ0v) is 11.9. The van der Waals surface area contributed by atoms with Gasteiger partial charge in [-0.3, -0.25) is 4.79 Å². The minimum absolute atomic E-state index is 0.201. The predicted molar refractivity (Wildman–Crippen MR) is 77.7 cm³/mol.